The van der Waals surface area contributed by atoms with Crippen LogP contribution in [0, 0.1) is 0 Å². The first kappa shape index (κ1) is 14.9. The molecule has 20 heavy (non-hydrogen) atoms. The lowest BCUT2D eigenvalue weighted by Crippen LogP contribution is -2.29. The highest BCUT2D eigenvalue weighted by atomic mass is 79.9. The Labute approximate surface area is 120 Å². The summed E-state index contributed by atoms with van der Waals surface area (Å²) in [5.74, 6) is 0. The number of hydrogen-bond acceptors (Lipinski definition) is 3. The van der Waals surface area contributed by atoms with Crippen LogP contribution in [-0.4, -0.2) is 25.9 Å². The second-order valence-corrected chi connectivity index (χ2v) is 6.69. The third kappa shape index (κ3) is 3.55. The second-order valence-electron chi connectivity index (χ2n) is 4.08. The van der Waals surface area contributed by atoms with E-state index < -0.39 is 24.9 Å². The van der Waals surface area contributed by atoms with E-state index in [4.69, 9.17) is 9.79 Å². The van der Waals surface area contributed by atoms with Gasteiger partial charge in [0.05, 0.1) is 17.2 Å². The van der Waals surface area contributed by atoms with Crippen LogP contribution in [0.25, 0.3) is 17.1 Å². The predicted octanol–water partition coefficient (Wildman–Crippen LogP) is 1.17. The van der Waals surface area contributed by atoms with Gasteiger partial charge in [-0.2, -0.15) is 0 Å². The number of aromatic nitrogens is 2. The van der Waals surface area contributed by atoms with Crippen LogP contribution in [0.2, 0.25) is 0 Å². The Balaban J connectivity index is 2.58. The van der Waals surface area contributed by atoms with E-state index in [9.17, 15) is 14.2 Å². The molecule has 0 spiro atoms. The number of halogens is 1. The van der Waals surface area contributed by atoms with Crippen LogP contribution >= 0.6 is 23.5 Å². The van der Waals surface area contributed by atoms with Crippen molar-refractivity contribution >= 4 is 40.6 Å². The van der Waals surface area contributed by atoms with E-state index in [1.807, 2.05) is 0 Å². The summed E-state index contributed by atoms with van der Waals surface area (Å²) in [4.78, 5) is 45.1. The molecule has 106 valence electrons. The summed E-state index contributed by atoms with van der Waals surface area (Å²) in [6, 6.07) is 3.28. The van der Waals surface area contributed by atoms with Gasteiger partial charge in [-0.3, -0.25) is 14.2 Å². The molecule has 0 aliphatic heterocycles. The van der Waals surface area contributed by atoms with E-state index in [-0.39, 0.29) is 0 Å². The minimum Gasteiger partial charge on any atom is -0.324 e. The monoisotopic (exact) mass is 360 g/mol. The van der Waals surface area contributed by atoms with Gasteiger partial charge in [0.25, 0.3) is 0 Å². The molecule has 0 unspecified atom stereocenters. The average Bonchev–Trinajstić information content (AvgIpc) is 2.30. The predicted molar refractivity (Wildman–Crippen MR) is 78.8 cm³/mol. The van der Waals surface area contributed by atoms with Gasteiger partial charge in [-0.1, -0.05) is 28.1 Å². The van der Waals surface area contributed by atoms with Gasteiger partial charge in [0.15, 0.2) is 0 Å². The molecule has 1 aromatic heterocycles. The minimum absolute atomic E-state index is 0.389. The fourth-order valence-corrected chi connectivity index (χ4v) is 2.52. The van der Waals surface area contributed by atoms with Crippen LogP contribution in [0.5, 0.6) is 0 Å². The van der Waals surface area contributed by atoms with Crippen molar-refractivity contribution in [1.29, 1.82) is 0 Å². The van der Waals surface area contributed by atoms with Gasteiger partial charge < -0.3 is 19.8 Å². The molecule has 0 aliphatic rings. The molecule has 1 heterocycles. The third-order valence-corrected chi connectivity index (χ3v) is 3.61. The molecule has 0 saturated carbocycles. The number of aromatic amines is 2. The fourth-order valence-electron chi connectivity index (χ4n) is 1.66. The van der Waals surface area contributed by atoms with Crippen molar-refractivity contribution in [1.82, 2.24) is 9.97 Å². The summed E-state index contributed by atoms with van der Waals surface area (Å²) in [7, 11) is -4.12. The maximum atomic E-state index is 11.3. The third-order valence-electron chi connectivity index (χ3n) is 2.47. The molecule has 1 aromatic carbocycles. The van der Waals surface area contributed by atoms with Crippen molar-refractivity contribution in [2.75, 3.05) is 6.16 Å². The second kappa shape index (κ2) is 5.49. The van der Waals surface area contributed by atoms with Gasteiger partial charge in [0, 0.05) is 10.0 Å². The first-order chi connectivity index (χ1) is 9.26. The molecule has 2 rings (SSSR count). The summed E-state index contributed by atoms with van der Waals surface area (Å²) in [6.07, 6.45) is 2.38. The lowest BCUT2D eigenvalue weighted by molar-refractivity contribution is 0.377. The Morgan fingerprint density at radius 2 is 1.85 bits per heavy atom. The van der Waals surface area contributed by atoms with E-state index >= 15 is 0 Å². The van der Waals surface area contributed by atoms with Crippen LogP contribution < -0.4 is 11.1 Å². The van der Waals surface area contributed by atoms with Gasteiger partial charge >= 0.3 is 18.7 Å². The Bertz CT molecular complexity index is 848. The van der Waals surface area contributed by atoms with Crippen LogP contribution in [0.4, 0.5) is 0 Å². The molecule has 0 amide bonds. The lowest BCUT2D eigenvalue weighted by atomic mass is 10.1. The number of benzene rings is 1. The van der Waals surface area contributed by atoms with Gasteiger partial charge in [-0.25, -0.2) is 0 Å². The number of allylic oxidation sites excluding steroid dienone is 1. The molecule has 0 fully saturated rings. The highest BCUT2D eigenvalue weighted by Crippen LogP contribution is 2.34. The van der Waals surface area contributed by atoms with E-state index in [0.717, 1.165) is 0 Å². The molecule has 0 aliphatic carbocycles. The van der Waals surface area contributed by atoms with Crippen LogP contribution in [0.15, 0.2) is 32.3 Å². The number of nitrogens with one attached hydrogen (secondary N) is 2. The molecular formula is C11H10BrN2O5P. The zero-order chi connectivity index (χ0) is 14.9. The molecule has 9 heteroatoms. The number of hydrogen-bond donors (Lipinski definition) is 4. The quantitative estimate of drug-likeness (QED) is 0.483. The lowest BCUT2D eigenvalue weighted by Gasteiger charge is -2.04. The molecule has 4 N–H and O–H groups in total. The maximum Gasteiger partial charge on any atom is 0.329 e. The van der Waals surface area contributed by atoms with E-state index in [1.165, 1.54) is 12.2 Å². The topological polar surface area (TPSA) is 123 Å². The van der Waals surface area contributed by atoms with E-state index in [1.54, 1.807) is 12.1 Å². The first-order valence-electron chi connectivity index (χ1n) is 5.43. The fraction of sp³-hybridized carbons (Fsp3) is 0.0909. The van der Waals surface area contributed by atoms with Gasteiger partial charge in [0.2, 0.25) is 0 Å². The van der Waals surface area contributed by atoms with Gasteiger partial charge in [0.1, 0.15) is 0 Å². The summed E-state index contributed by atoms with van der Waals surface area (Å²) in [6.45, 7) is 0. The van der Waals surface area contributed by atoms with Gasteiger partial charge in [-0.15, -0.1) is 0 Å². The SMILES string of the molecule is O=c1[nH]c2cc(Br)cc(C=CCP(=O)(O)O)c2[nH]c1=O. The summed E-state index contributed by atoms with van der Waals surface area (Å²) in [5, 5.41) is 0. The highest BCUT2D eigenvalue weighted by Gasteiger charge is 2.09. The Kier molecular flexibility index (Phi) is 4.10. The van der Waals surface area contributed by atoms with Crippen molar-refractivity contribution in [3.8, 4) is 0 Å². The van der Waals surface area contributed by atoms with E-state index in [2.05, 4.69) is 25.9 Å². The summed E-state index contributed by atoms with van der Waals surface area (Å²) in [5.41, 5.74) is -0.221. The summed E-state index contributed by atoms with van der Waals surface area (Å²) >= 11 is 3.26. The number of rotatable bonds is 3. The number of H-pyrrole nitrogens is 2. The maximum absolute atomic E-state index is 11.3. The standard InChI is InChI=1S/C11H10BrN2O5P/c12-7-4-6(2-1-3-20(17,18)19)9-8(5-7)13-10(15)11(16)14-9/h1-2,4-5H,3H2,(H,13,15)(H,14,16)(H2,17,18,19). The van der Waals surface area contributed by atoms with Crippen molar-refractivity contribution in [3.63, 3.8) is 0 Å². The normalized spacial score (nSPS) is 12.3. The average molecular weight is 361 g/mol. The summed E-state index contributed by atoms with van der Waals surface area (Å²) < 4.78 is 11.4. The molecule has 0 saturated heterocycles. The molecular weight excluding hydrogens is 351 g/mol. The Morgan fingerprint density at radius 3 is 2.50 bits per heavy atom. The highest BCUT2D eigenvalue weighted by molar-refractivity contribution is 9.10. The van der Waals surface area contributed by atoms with E-state index in [0.29, 0.717) is 21.1 Å². The van der Waals surface area contributed by atoms with Crippen molar-refractivity contribution < 1.29 is 14.4 Å². The Morgan fingerprint density at radius 1 is 1.20 bits per heavy atom. The zero-order valence-electron chi connectivity index (χ0n) is 9.96. The minimum atomic E-state index is -4.12. The molecule has 0 atom stereocenters. The molecule has 0 bridgehead atoms. The smallest absolute Gasteiger partial charge is 0.324 e. The Hall–Kier alpha value is -1.47. The first-order valence-corrected chi connectivity index (χ1v) is 8.02. The number of fused-ring (bicyclic) bond motifs is 1. The van der Waals surface area contributed by atoms with Crippen molar-refractivity contribution in [2.24, 2.45) is 0 Å². The van der Waals surface area contributed by atoms with Crippen molar-refractivity contribution in [2.45, 2.75) is 0 Å². The van der Waals surface area contributed by atoms with Crippen LogP contribution in [0.1, 0.15) is 5.56 Å². The molecule has 7 nitrogen and oxygen atoms in total. The molecule has 2 aromatic rings. The van der Waals surface area contributed by atoms with Gasteiger partial charge in [-0.05, 0) is 12.1 Å². The zero-order valence-corrected chi connectivity index (χ0v) is 12.4. The molecule has 0 radical (unpaired) electrons. The largest absolute Gasteiger partial charge is 0.329 e. The van der Waals surface area contributed by atoms with Crippen LogP contribution in [0.3, 0.4) is 0 Å². The van der Waals surface area contributed by atoms with Crippen LogP contribution in [-0.2, 0) is 4.57 Å². The van der Waals surface area contributed by atoms with Crippen molar-refractivity contribution in [3.05, 3.63) is 49.0 Å².